The molecular formula is C66H40B2N4. The van der Waals surface area contributed by atoms with Gasteiger partial charge in [-0.25, -0.2) is 0 Å². The van der Waals surface area contributed by atoms with Crippen LogP contribution in [0.5, 0.6) is 0 Å². The second-order valence-electron chi connectivity index (χ2n) is 20.0. The van der Waals surface area contributed by atoms with Crippen LogP contribution in [0, 0.1) is 0 Å². The number of fused-ring (bicyclic) bond motifs is 16. The molecule has 330 valence electrons. The van der Waals surface area contributed by atoms with Crippen molar-refractivity contribution in [3.8, 4) is 33.6 Å². The molecule has 6 heteroatoms. The van der Waals surface area contributed by atoms with E-state index in [2.05, 4.69) is 262 Å². The number of para-hydroxylation sites is 4. The van der Waals surface area contributed by atoms with E-state index in [1.54, 1.807) is 0 Å². The van der Waals surface area contributed by atoms with E-state index in [-0.39, 0.29) is 13.4 Å². The fourth-order valence-electron chi connectivity index (χ4n) is 13.6. The largest absolute Gasteiger partial charge is 0.311 e. The van der Waals surface area contributed by atoms with Gasteiger partial charge in [0.2, 0.25) is 0 Å². The zero-order chi connectivity index (χ0) is 46.8. The molecule has 0 amide bonds. The van der Waals surface area contributed by atoms with Crippen LogP contribution in [0.3, 0.4) is 0 Å². The molecule has 72 heavy (non-hydrogen) atoms. The standard InChI is InChI=1S/C66H40B2N4/c1-5-17-41(18-6-1)43-29-33-57-53(37-43)67-51-25-13-15-27-55(51)69(45-21-9-3-10-22-45)59-35-31-47-49-39-50-48-32-36-60-64-66(48)72(62(50)40-61(49)71(57)65(47)63(59)67)58-34-30-44(42-19-7-2-8-20-42)38-54(58)68(64)52-26-14-16-28-56(52)70(60)46-23-11-4-12-24-46/h1-40H. The van der Waals surface area contributed by atoms with Gasteiger partial charge in [0.05, 0.1) is 22.1 Å². The molecule has 0 fully saturated rings. The Labute approximate surface area is 417 Å². The third-order valence-corrected chi connectivity index (χ3v) is 16.4. The molecule has 0 unspecified atom stereocenters. The summed E-state index contributed by atoms with van der Waals surface area (Å²) in [6.07, 6.45) is 0. The van der Waals surface area contributed by atoms with Crippen LogP contribution in [0.1, 0.15) is 0 Å². The van der Waals surface area contributed by atoms with Crippen molar-refractivity contribution in [2.75, 3.05) is 9.80 Å². The molecule has 13 aromatic rings. The van der Waals surface area contributed by atoms with Crippen molar-refractivity contribution in [3.05, 3.63) is 243 Å². The van der Waals surface area contributed by atoms with E-state index in [0.29, 0.717) is 0 Å². The summed E-state index contributed by atoms with van der Waals surface area (Å²) in [5, 5.41) is 5.11. The highest BCUT2D eigenvalue weighted by molar-refractivity contribution is 7.01. The molecule has 0 atom stereocenters. The van der Waals surface area contributed by atoms with Crippen LogP contribution < -0.4 is 42.6 Å². The van der Waals surface area contributed by atoms with Crippen molar-refractivity contribution in [2.45, 2.75) is 0 Å². The third-order valence-electron chi connectivity index (χ3n) is 16.4. The zero-order valence-electron chi connectivity index (χ0n) is 39.0. The predicted molar refractivity (Wildman–Crippen MR) is 305 cm³/mol. The molecule has 0 radical (unpaired) electrons. The lowest BCUT2D eigenvalue weighted by Gasteiger charge is -2.40. The van der Waals surface area contributed by atoms with Gasteiger partial charge in [-0.2, -0.15) is 0 Å². The third kappa shape index (κ3) is 4.98. The second kappa shape index (κ2) is 14.2. The highest BCUT2D eigenvalue weighted by Gasteiger charge is 2.44. The smallest absolute Gasteiger partial charge is 0.252 e. The molecular weight excluding hydrogens is 870 g/mol. The summed E-state index contributed by atoms with van der Waals surface area (Å²) in [4.78, 5) is 4.99. The molecule has 11 aromatic carbocycles. The van der Waals surface area contributed by atoms with E-state index in [4.69, 9.17) is 0 Å². The molecule has 0 saturated heterocycles. The van der Waals surface area contributed by atoms with Crippen molar-refractivity contribution < 1.29 is 0 Å². The first-order chi connectivity index (χ1) is 35.8. The molecule has 0 N–H and O–H groups in total. The number of hydrogen-bond acceptors (Lipinski definition) is 2. The fraction of sp³-hybridized carbons (Fsp3) is 0. The van der Waals surface area contributed by atoms with Gasteiger partial charge in [0.1, 0.15) is 0 Å². The van der Waals surface area contributed by atoms with Crippen LogP contribution in [0.15, 0.2) is 243 Å². The topological polar surface area (TPSA) is 16.3 Å². The Kier molecular flexibility index (Phi) is 7.60. The summed E-state index contributed by atoms with van der Waals surface area (Å²) >= 11 is 0. The normalized spacial score (nSPS) is 13.4. The van der Waals surface area contributed by atoms with E-state index in [0.717, 1.165) is 11.4 Å². The summed E-state index contributed by atoms with van der Waals surface area (Å²) in [5.74, 6) is 0. The van der Waals surface area contributed by atoms with Crippen LogP contribution >= 0.6 is 0 Å². The molecule has 0 aliphatic carbocycles. The molecule has 0 bridgehead atoms. The van der Waals surface area contributed by atoms with Crippen molar-refractivity contribution in [1.29, 1.82) is 0 Å². The van der Waals surface area contributed by atoms with Gasteiger partial charge in [-0.3, -0.25) is 0 Å². The van der Waals surface area contributed by atoms with Crippen LogP contribution in [-0.4, -0.2) is 22.6 Å². The highest BCUT2D eigenvalue weighted by atomic mass is 15.2. The van der Waals surface area contributed by atoms with Crippen LogP contribution in [0.25, 0.3) is 77.2 Å². The van der Waals surface area contributed by atoms with Gasteiger partial charge in [0, 0.05) is 67.0 Å². The van der Waals surface area contributed by atoms with Crippen molar-refractivity contribution in [2.24, 2.45) is 0 Å². The van der Waals surface area contributed by atoms with Gasteiger partial charge >= 0.3 is 0 Å². The monoisotopic (exact) mass is 910 g/mol. The lowest BCUT2D eigenvalue weighted by atomic mass is 9.33. The predicted octanol–water partition coefficient (Wildman–Crippen LogP) is 12.4. The first kappa shape index (κ1) is 38.6. The SMILES string of the molecule is c1ccc(-c2ccc3c(c2)B2c4ccccc4N(c4ccccc4)c4ccc5c6cc7c8ccc9c%10c8n(c7cc6n-3c5c42)-c2ccc(-c3ccccc3)cc2B%10c2ccccc2N9c2ccccc2)cc1. The van der Waals surface area contributed by atoms with Gasteiger partial charge in [-0.15, -0.1) is 0 Å². The Balaban J connectivity index is 1.01. The Hall–Kier alpha value is -9.25. The minimum absolute atomic E-state index is 0.0367. The van der Waals surface area contributed by atoms with Crippen molar-refractivity contribution in [3.63, 3.8) is 0 Å². The average molecular weight is 911 g/mol. The summed E-state index contributed by atoms with van der Waals surface area (Å²) in [6, 6.07) is 90.9. The lowest BCUT2D eigenvalue weighted by molar-refractivity contribution is 1.17. The summed E-state index contributed by atoms with van der Waals surface area (Å²) in [6.45, 7) is 0.0733. The van der Waals surface area contributed by atoms with Crippen molar-refractivity contribution >= 4 is 124 Å². The van der Waals surface area contributed by atoms with E-state index in [1.807, 2.05) is 0 Å². The summed E-state index contributed by atoms with van der Waals surface area (Å²) in [7, 11) is 0. The average Bonchev–Trinajstić information content (AvgIpc) is 3.97. The number of rotatable bonds is 4. The second-order valence-corrected chi connectivity index (χ2v) is 20.0. The Morgan fingerprint density at radius 3 is 1.08 bits per heavy atom. The highest BCUT2D eigenvalue weighted by Crippen LogP contribution is 2.47. The van der Waals surface area contributed by atoms with Gasteiger partial charge in [0.25, 0.3) is 13.4 Å². The van der Waals surface area contributed by atoms with Gasteiger partial charge in [-0.05, 0) is 128 Å². The maximum absolute atomic E-state index is 2.62. The minimum atomic E-state index is 0.0367. The van der Waals surface area contributed by atoms with E-state index in [1.165, 1.54) is 133 Å². The number of aromatic nitrogens is 2. The number of anilines is 6. The lowest BCUT2D eigenvalue weighted by Crippen LogP contribution is -2.60. The van der Waals surface area contributed by atoms with Crippen LogP contribution in [-0.2, 0) is 0 Å². The van der Waals surface area contributed by atoms with Crippen LogP contribution in [0.2, 0.25) is 0 Å². The molecule has 6 heterocycles. The van der Waals surface area contributed by atoms with E-state index in [9.17, 15) is 0 Å². The quantitative estimate of drug-likeness (QED) is 0.164. The number of nitrogens with zero attached hydrogens (tertiary/aromatic N) is 4. The van der Waals surface area contributed by atoms with Crippen LogP contribution in [0.4, 0.5) is 34.1 Å². The molecule has 2 aromatic heterocycles. The van der Waals surface area contributed by atoms with E-state index >= 15 is 0 Å². The number of hydrogen-bond donors (Lipinski definition) is 0. The zero-order valence-corrected chi connectivity index (χ0v) is 39.0. The first-order valence-electron chi connectivity index (χ1n) is 25.2. The van der Waals surface area contributed by atoms with Gasteiger partial charge in [0.15, 0.2) is 0 Å². The van der Waals surface area contributed by atoms with Gasteiger partial charge in [-0.1, -0.05) is 170 Å². The van der Waals surface area contributed by atoms with Gasteiger partial charge < -0.3 is 18.9 Å². The molecule has 4 aliphatic rings. The molecule has 4 aliphatic heterocycles. The summed E-state index contributed by atoms with van der Waals surface area (Å²) in [5.41, 5.74) is 27.7. The Morgan fingerprint density at radius 1 is 0.250 bits per heavy atom. The maximum Gasteiger partial charge on any atom is 0.252 e. The Morgan fingerprint density at radius 2 is 0.639 bits per heavy atom. The van der Waals surface area contributed by atoms with Crippen molar-refractivity contribution in [1.82, 2.24) is 9.13 Å². The van der Waals surface area contributed by atoms with E-state index < -0.39 is 0 Å². The molecule has 4 nitrogen and oxygen atoms in total. The Bertz CT molecular complexity index is 4180. The first-order valence-corrected chi connectivity index (χ1v) is 25.2. The number of benzene rings is 11. The molecule has 0 saturated carbocycles. The molecule has 0 spiro atoms. The fourth-order valence-corrected chi connectivity index (χ4v) is 13.6. The molecule has 17 rings (SSSR count). The summed E-state index contributed by atoms with van der Waals surface area (Å²) < 4.78 is 5.25. The minimum Gasteiger partial charge on any atom is -0.311 e. The maximum atomic E-state index is 2.62.